The molecule has 0 amide bonds. The second-order valence-corrected chi connectivity index (χ2v) is 9.82. The van der Waals surface area contributed by atoms with Gasteiger partial charge in [-0.1, -0.05) is 98.8 Å². The molecule has 0 aliphatic heterocycles. The number of rotatable bonds is 2. The quantitative estimate of drug-likeness (QED) is 0.271. The molecule has 1 aliphatic rings. The van der Waals surface area contributed by atoms with Gasteiger partial charge in [0.1, 0.15) is 11.2 Å². The maximum absolute atomic E-state index is 6.29. The molecular weight excluding hydrogens is 400 g/mol. The van der Waals surface area contributed by atoms with Crippen LogP contribution in [0.2, 0.25) is 0 Å². The van der Waals surface area contributed by atoms with Crippen LogP contribution in [-0.4, -0.2) is 0 Å². The van der Waals surface area contributed by atoms with Crippen LogP contribution in [0.25, 0.3) is 43.8 Å². The monoisotopic (exact) mass is 424 g/mol. The van der Waals surface area contributed by atoms with Gasteiger partial charge in [-0.25, -0.2) is 0 Å². The Balaban J connectivity index is 1.30. The van der Waals surface area contributed by atoms with E-state index in [1.54, 1.807) is 0 Å². The average Bonchev–Trinajstić information content (AvgIpc) is 3.32. The van der Waals surface area contributed by atoms with E-state index in [1.165, 1.54) is 54.9 Å². The van der Waals surface area contributed by atoms with E-state index in [-0.39, 0.29) is 5.41 Å². The van der Waals surface area contributed by atoms with Gasteiger partial charge in [-0.05, 0) is 62.7 Å². The molecule has 0 bridgehead atoms. The van der Waals surface area contributed by atoms with Crippen molar-refractivity contribution < 1.29 is 4.42 Å². The van der Waals surface area contributed by atoms with E-state index in [1.807, 2.05) is 0 Å². The summed E-state index contributed by atoms with van der Waals surface area (Å²) in [6, 6.07) is 35.3. The highest BCUT2D eigenvalue weighted by Gasteiger charge is 2.35. The molecule has 0 radical (unpaired) electrons. The second-order valence-electron chi connectivity index (χ2n) is 9.82. The standard InChI is InChI=1S/C32H24O/c1-32(2)27-10-6-5-9-24(27)25-14-11-20(18-28(25)32)17-21-12-15-26-30(19-21)33-29-16-13-22-7-3-4-8-23(22)31(26)29/h3-16,18-19H,17H2,1-2H3. The van der Waals surface area contributed by atoms with Gasteiger partial charge in [-0.2, -0.15) is 0 Å². The molecule has 1 aromatic heterocycles. The summed E-state index contributed by atoms with van der Waals surface area (Å²) in [5, 5.41) is 4.91. The molecule has 0 saturated carbocycles. The number of fused-ring (bicyclic) bond motifs is 8. The predicted molar refractivity (Wildman–Crippen MR) is 138 cm³/mol. The highest BCUT2D eigenvalue weighted by atomic mass is 16.3. The fourth-order valence-electron chi connectivity index (χ4n) is 5.80. The molecule has 158 valence electrons. The average molecular weight is 425 g/mol. The van der Waals surface area contributed by atoms with Crippen molar-refractivity contribution >= 4 is 32.7 Å². The Morgan fingerprint density at radius 3 is 2.30 bits per heavy atom. The molecule has 5 aromatic carbocycles. The molecule has 0 spiro atoms. The number of hydrogen-bond donors (Lipinski definition) is 0. The molecule has 0 atom stereocenters. The lowest BCUT2D eigenvalue weighted by Crippen LogP contribution is -2.15. The molecule has 1 heteroatoms. The number of furan rings is 1. The first kappa shape index (κ1) is 18.7. The predicted octanol–water partition coefficient (Wildman–Crippen LogP) is 8.64. The molecule has 1 aliphatic carbocycles. The molecule has 0 unspecified atom stereocenters. The number of benzene rings is 5. The topological polar surface area (TPSA) is 13.1 Å². The van der Waals surface area contributed by atoms with Crippen LogP contribution in [0.5, 0.6) is 0 Å². The Morgan fingerprint density at radius 1 is 0.606 bits per heavy atom. The SMILES string of the molecule is CC1(C)c2ccccc2-c2ccc(Cc3ccc4c(c3)oc3ccc5ccccc5c34)cc21. The third-order valence-electron chi connectivity index (χ3n) is 7.48. The van der Waals surface area contributed by atoms with Gasteiger partial charge in [0, 0.05) is 16.2 Å². The van der Waals surface area contributed by atoms with E-state index in [4.69, 9.17) is 4.42 Å². The van der Waals surface area contributed by atoms with Crippen molar-refractivity contribution in [3.63, 3.8) is 0 Å². The van der Waals surface area contributed by atoms with Crippen molar-refractivity contribution in [3.05, 3.63) is 119 Å². The molecule has 1 heterocycles. The lowest BCUT2D eigenvalue weighted by Gasteiger charge is -2.22. The molecular formula is C32H24O. The van der Waals surface area contributed by atoms with Gasteiger partial charge in [0.05, 0.1) is 0 Å². The van der Waals surface area contributed by atoms with Gasteiger partial charge in [-0.15, -0.1) is 0 Å². The Bertz CT molecular complexity index is 1710. The molecule has 6 aromatic rings. The summed E-state index contributed by atoms with van der Waals surface area (Å²) in [7, 11) is 0. The summed E-state index contributed by atoms with van der Waals surface area (Å²) in [6.45, 7) is 4.68. The minimum Gasteiger partial charge on any atom is -0.456 e. The smallest absolute Gasteiger partial charge is 0.136 e. The fourth-order valence-corrected chi connectivity index (χ4v) is 5.80. The molecule has 0 N–H and O–H groups in total. The molecule has 1 nitrogen and oxygen atoms in total. The third kappa shape index (κ3) is 2.66. The van der Waals surface area contributed by atoms with E-state index >= 15 is 0 Å². The van der Waals surface area contributed by atoms with Crippen LogP contribution in [0.1, 0.15) is 36.1 Å². The van der Waals surface area contributed by atoms with E-state index < -0.39 is 0 Å². The van der Waals surface area contributed by atoms with Crippen LogP contribution in [0.15, 0.2) is 101 Å². The van der Waals surface area contributed by atoms with E-state index in [0.717, 1.165) is 17.6 Å². The van der Waals surface area contributed by atoms with Gasteiger partial charge in [0.15, 0.2) is 0 Å². The van der Waals surface area contributed by atoms with Crippen LogP contribution in [0.4, 0.5) is 0 Å². The minimum absolute atomic E-state index is 0.0334. The summed E-state index contributed by atoms with van der Waals surface area (Å²) in [6.07, 6.45) is 0.896. The van der Waals surface area contributed by atoms with Crippen LogP contribution < -0.4 is 0 Å². The van der Waals surface area contributed by atoms with Gasteiger partial charge in [0.25, 0.3) is 0 Å². The molecule has 0 fully saturated rings. The van der Waals surface area contributed by atoms with E-state index in [9.17, 15) is 0 Å². The van der Waals surface area contributed by atoms with Gasteiger partial charge in [-0.3, -0.25) is 0 Å². The fraction of sp³-hybridized carbons (Fsp3) is 0.125. The highest BCUT2D eigenvalue weighted by molar-refractivity contribution is 6.18. The van der Waals surface area contributed by atoms with Crippen LogP contribution in [-0.2, 0) is 11.8 Å². The van der Waals surface area contributed by atoms with Crippen LogP contribution in [0.3, 0.4) is 0 Å². The largest absolute Gasteiger partial charge is 0.456 e. The first-order valence-corrected chi connectivity index (χ1v) is 11.7. The zero-order valence-electron chi connectivity index (χ0n) is 18.9. The van der Waals surface area contributed by atoms with Crippen molar-refractivity contribution in [2.24, 2.45) is 0 Å². The Morgan fingerprint density at radius 2 is 1.36 bits per heavy atom. The Kier molecular flexibility index (Phi) is 3.73. The summed E-state index contributed by atoms with van der Waals surface area (Å²) in [5.41, 5.74) is 10.2. The van der Waals surface area contributed by atoms with Gasteiger partial charge >= 0.3 is 0 Å². The summed E-state index contributed by atoms with van der Waals surface area (Å²) >= 11 is 0. The maximum Gasteiger partial charge on any atom is 0.136 e. The Hall–Kier alpha value is -3.84. The first-order chi connectivity index (χ1) is 16.1. The third-order valence-corrected chi connectivity index (χ3v) is 7.48. The highest BCUT2D eigenvalue weighted by Crippen LogP contribution is 2.48. The number of hydrogen-bond acceptors (Lipinski definition) is 1. The van der Waals surface area contributed by atoms with Crippen molar-refractivity contribution in [1.82, 2.24) is 0 Å². The van der Waals surface area contributed by atoms with Crippen molar-refractivity contribution in [3.8, 4) is 11.1 Å². The van der Waals surface area contributed by atoms with Gasteiger partial charge in [0.2, 0.25) is 0 Å². The zero-order chi connectivity index (χ0) is 22.2. The van der Waals surface area contributed by atoms with E-state index in [2.05, 4.69) is 111 Å². The molecule has 7 rings (SSSR count). The van der Waals surface area contributed by atoms with Crippen LogP contribution in [0, 0.1) is 0 Å². The summed E-state index contributed by atoms with van der Waals surface area (Å²) in [4.78, 5) is 0. The summed E-state index contributed by atoms with van der Waals surface area (Å²) < 4.78 is 6.29. The minimum atomic E-state index is 0.0334. The van der Waals surface area contributed by atoms with Crippen molar-refractivity contribution in [1.29, 1.82) is 0 Å². The lowest BCUT2D eigenvalue weighted by atomic mass is 9.81. The second kappa shape index (κ2) is 6.59. The van der Waals surface area contributed by atoms with Crippen LogP contribution >= 0.6 is 0 Å². The Labute approximate surface area is 193 Å². The zero-order valence-corrected chi connectivity index (χ0v) is 18.9. The van der Waals surface area contributed by atoms with Crippen molar-refractivity contribution in [2.75, 3.05) is 0 Å². The van der Waals surface area contributed by atoms with Gasteiger partial charge < -0.3 is 4.42 Å². The lowest BCUT2D eigenvalue weighted by molar-refractivity contribution is 0.659. The summed E-state index contributed by atoms with van der Waals surface area (Å²) in [5.74, 6) is 0. The van der Waals surface area contributed by atoms with Crippen molar-refractivity contribution in [2.45, 2.75) is 25.7 Å². The molecule has 0 saturated heterocycles. The first-order valence-electron chi connectivity index (χ1n) is 11.7. The van der Waals surface area contributed by atoms with E-state index in [0.29, 0.717) is 0 Å². The molecule has 33 heavy (non-hydrogen) atoms. The maximum atomic E-state index is 6.29. The normalized spacial score (nSPS) is 14.1.